The molecule has 1 rings (SSSR count). The van der Waals surface area contributed by atoms with Crippen LogP contribution in [0, 0.1) is 5.92 Å². The Bertz CT molecular complexity index is 122. The third kappa shape index (κ3) is 4.99. The molecule has 0 bridgehead atoms. The first-order valence-electron chi connectivity index (χ1n) is 6.44. The van der Waals surface area contributed by atoms with Crippen LogP contribution in [-0.4, -0.2) is 24.5 Å². The van der Waals surface area contributed by atoms with E-state index in [1.165, 1.54) is 38.6 Å². The summed E-state index contributed by atoms with van der Waals surface area (Å²) in [5, 5.41) is 0. The summed E-state index contributed by atoms with van der Waals surface area (Å²) >= 11 is 0. The van der Waals surface area contributed by atoms with E-state index in [-0.39, 0.29) is 0 Å². The molecule has 2 atom stereocenters. The molecule has 0 aromatic heterocycles. The van der Waals surface area contributed by atoms with E-state index in [2.05, 4.69) is 25.8 Å². The number of likely N-dealkylation sites (tertiary alicyclic amines) is 1. The smallest absolute Gasteiger partial charge is 0.00947 e. The fourth-order valence-corrected chi connectivity index (χ4v) is 2.07. The van der Waals surface area contributed by atoms with Gasteiger partial charge in [-0.05, 0) is 38.8 Å². The van der Waals surface area contributed by atoms with Gasteiger partial charge in [0.25, 0.3) is 0 Å². The fourth-order valence-electron chi connectivity index (χ4n) is 2.07. The van der Waals surface area contributed by atoms with Crippen molar-refractivity contribution in [3.05, 3.63) is 0 Å². The maximum absolute atomic E-state index is 2.55. The lowest BCUT2D eigenvalue weighted by molar-refractivity contribution is 0.159. The zero-order valence-electron chi connectivity index (χ0n) is 10.8. The van der Waals surface area contributed by atoms with Crippen molar-refractivity contribution in [2.45, 2.75) is 65.8 Å². The van der Waals surface area contributed by atoms with Crippen LogP contribution in [-0.2, 0) is 0 Å². The average molecular weight is 199 g/mol. The van der Waals surface area contributed by atoms with Crippen LogP contribution in [0.25, 0.3) is 0 Å². The molecular weight excluding hydrogens is 170 g/mol. The minimum atomic E-state index is 0.883. The van der Waals surface area contributed by atoms with Crippen molar-refractivity contribution in [1.29, 1.82) is 0 Å². The summed E-state index contributed by atoms with van der Waals surface area (Å²) in [5.41, 5.74) is 0. The van der Waals surface area contributed by atoms with E-state index in [1.54, 1.807) is 0 Å². The van der Waals surface area contributed by atoms with Crippen LogP contribution in [0.4, 0.5) is 0 Å². The van der Waals surface area contributed by atoms with Crippen molar-refractivity contribution in [3.8, 4) is 0 Å². The molecule has 0 saturated carbocycles. The second-order valence-corrected chi connectivity index (χ2v) is 4.38. The molecule has 0 aromatic rings. The number of piperidine rings is 1. The van der Waals surface area contributed by atoms with Crippen molar-refractivity contribution in [2.75, 3.05) is 13.6 Å². The Labute approximate surface area is 90.9 Å². The zero-order chi connectivity index (χ0) is 11.0. The van der Waals surface area contributed by atoms with Crippen LogP contribution >= 0.6 is 0 Å². The van der Waals surface area contributed by atoms with Crippen LogP contribution in [0.1, 0.15) is 59.8 Å². The van der Waals surface area contributed by atoms with Gasteiger partial charge in [-0.1, -0.05) is 40.5 Å². The SMILES string of the molecule is CC.CCC(C)CC1CCCCN1C. The van der Waals surface area contributed by atoms with Gasteiger partial charge >= 0.3 is 0 Å². The normalized spacial score (nSPS) is 25.1. The van der Waals surface area contributed by atoms with Gasteiger partial charge in [0.2, 0.25) is 0 Å². The van der Waals surface area contributed by atoms with Gasteiger partial charge < -0.3 is 4.90 Å². The van der Waals surface area contributed by atoms with Crippen molar-refractivity contribution in [2.24, 2.45) is 5.92 Å². The molecule has 86 valence electrons. The second kappa shape index (κ2) is 8.28. The summed E-state index contributed by atoms with van der Waals surface area (Å²) in [6.07, 6.45) is 7.04. The van der Waals surface area contributed by atoms with Crippen molar-refractivity contribution in [3.63, 3.8) is 0 Å². The summed E-state index contributed by atoms with van der Waals surface area (Å²) in [6, 6.07) is 0.883. The molecule has 1 nitrogen and oxygen atoms in total. The number of hydrogen-bond acceptors (Lipinski definition) is 1. The standard InChI is InChI=1S/C11H23N.C2H6/c1-4-10(2)9-11-7-5-6-8-12(11)3;1-2/h10-11H,4-9H2,1-3H3;1-2H3. The average Bonchev–Trinajstić information content (AvgIpc) is 2.24. The summed E-state index contributed by atoms with van der Waals surface area (Å²) in [6.45, 7) is 10.00. The second-order valence-electron chi connectivity index (χ2n) is 4.38. The first-order chi connectivity index (χ1) is 6.74. The minimum Gasteiger partial charge on any atom is -0.303 e. The molecule has 0 N–H and O–H groups in total. The minimum absolute atomic E-state index is 0.883. The molecule has 0 aromatic carbocycles. The van der Waals surface area contributed by atoms with E-state index in [0.717, 1.165) is 12.0 Å². The monoisotopic (exact) mass is 199 g/mol. The molecule has 0 radical (unpaired) electrons. The van der Waals surface area contributed by atoms with E-state index >= 15 is 0 Å². The van der Waals surface area contributed by atoms with E-state index < -0.39 is 0 Å². The van der Waals surface area contributed by atoms with Gasteiger partial charge in [-0.15, -0.1) is 0 Å². The Morgan fingerprint density at radius 2 is 1.93 bits per heavy atom. The first-order valence-corrected chi connectivity index (χ1v) is 6.44. The molecule has 1 aliphatic heterocycles. The third-order valence-electron chi connectivity index (χ3n) is 3.29. The Morgan fingerprint density at radius 3 is 2.43 bits per heavy atom. The Hall–Kier alpha value is -0.0400. The van der Waals surface area contributed by atoms with E-state index in [4.69, 9.17) is 0 Å². The number of rotatable bonds is 3. The summed E-state index contributed by atoms with van der Waals surface area (Å²) in [4.78, 5) is 2.55. The predicted octanol–water partition coefficient (Wildman–Crippen LogP) is 3.93. The Balaban J connectivity index is 0.000000791. The third-order valence-corrected chi connectivity index (χ3v) is 3.29. The Morgan fingerprint density at radius 1 is 1.29 bits per heavy atom. The van der Waals surface area contributed by atoms with Gasteiger partial charge in [-0.2, -0.15) is 0 Å². The van der Waals surface area contributed by atoms with Gasteiger partial charge in [0.1, 0.15) is 0 Å². The van der Waals surface area contributed by atoms with Gasteiger partial charge in [0, 0.05) is 6.04 Å². The zero-order valence-corrected chi connectivity index (χ0v) is 10.8. The molecule has 1 saturated heterocycles. The largest absolute Gasteiger partial charge is 0.303 e. The van der Waals surface area contributed by atoms with Crippen LogP contribution in [0.2, 0.25) is 0 Å². The quantitative estimate of drug-likeness (QED) is 0.665. The lowest BCUT2D eigenvalue weighted by atomic mass is 9.92. The summed E-state index contributed by atoms with van der Waals surface area (Å²) < 4.78 is 0. The molecule has 0 aliphatic carbocycles. The van der Waals surface area contributed by atoms with Gasteiger partial charge in [-0.3, -0.25) is 0 Å². The van der Waals surface area contributed by atoms with E-state index in [0.29, 0.717) is 0 Å². The Kier molecular flexibility index (Phi) is 8.26. The molecule has 1 heterocycles. The first kappa shape index (κ1) is 14.0. The van der Waals surface area contributed by atoms with Crippen molar-refractivity contribution < 1.29 is 0 Å². The highest BCUT2D eigenvalue weighted by Crippen LogP contribution is 2.22. The van der Waals surface area contributed by atoms with Crippen LogP contribution in [0.15, 0.2) is 0 Å². The highest BCUT2D eigenvalue weighted by molar-refractivity contribution is 4.75. The fraction of sp³-hybridized carbons (Fsp3) is 1.00. The highest BCUT2D eigenvalue weighted by Gasteiger charge is 2.19. The van der Waals surface area contributed by atoms with Crippen LogP contribution in [0.3, 0.4) is 0 Å². The number of hydrogen-bond donors (Lipinski definition) is 0. The summed E-state index contributed by atoms with van der Waals surface area (Å²) in [7, 11) is 2.28. The molecule has 14 heavy (non-hydrogen) atoms. The molecule has 0 amide bonds. The van der Waals surface area contributed by atoms with Gasteiger partial charge in [-0.25, -0.2) is 0 Å². The molecule has 2 unspecified atom stereocenters. The molecular formula is C13H29N. The molecule has 1 fully saturated rings. The van der Waals surface area contributed by atoms with Crippen LogP contribution in [0.5, 0.6) is 0 Å². The maximum atomic E-state index is 2.55. The van der Waals surface area contributed by atoms with E-state index in [9.17, 15) is 0 Å². The highest BCUT2D eigenvalue weighted by atomic mass is 15.1. The molecule has 1 heteroatoms. The lowest BCUT2D eigenvalue weighted by Gasteiger charge is -2.34. The topological polar surface area (TPSA) is 3.24 Å². The summed E-state index contributed by atoms with van der Waals surface area (Å²) in [5.74, 6) is 0.913. The van der Waals surface area contributed by atoms with Crippen molar-refractivity contribution >= 4 is 0 Å². The van der Waals surface area contributed by atoms with E-state index in [1.807, 2.05) is 13.8 Å². The van der Waals surface area contributed by atoms with Gasteiger partial charge in [0.15, 0.2) is 0 Å². The van der Waals surface area contributed by atoms with Crippen molar-refractivity contribution in [1.82, 2.24) is 4.90 Å². The predicted molar refractivity (Wildman–Crippen MR) is 65.7 cm³/mol. The lowest BCUT2D eigenvalue weighted by Crippen LogP contribution is -2.37. The molecule has 0 spiro atoms. The molecule has 1 aliphatic rings. The maximum Gasteiger partial charge on any atom is 0.00947 e. The van der Waals surface area contributed by atoms with Crippen LogP contribution < -0.4 is 0 Å². The van der Waals surface area contributed by atoms with Gasteiger partial charge in [0.05, 0.1) is 0 Å². The number of nitrogens with zero attached hydrogens (tertiary/aromatic N) is 1.